The molecule has 6 heavy (non-hydrogen) atoms. The molecule has 1 aliphatic rings. The largest absolute Gasteiger partial charge is 0.108 e. The molecule has 0 spiro atoms. The van der Waals surface area contributed by atoms with E-state index in [9.17, 15) is 0 Å². The molecule has 0 aromatic heterocycles. The highest BCUT2D eigenvalue weighted by Crippen LogP contribution is 2.17. The zero-order valence-corrected chi connectivity index (χ0v) is 5.87. The molecule has 0 nitrogen and oxygen atoms in total. The van der Waals surface area contributed by atoms with Gasteiger partial charge < -0.3 is 0 Å². The van der Waals surface area contributed by atoms with E-state index in [0.717, 1.165) is 4.83 Å². The second-order valence-electron chi connectivity index (χ2n) is 1.38. The van der Waals surface area contributed by atoms with Crippen molar-refractivity contribution < 1.29 is 0 Å². The average Bonchev–Trinajstić information content (AvgIpc) is 1.86. The Morgan fingerprint density at radius 1 is 1.83 bits per heavy atom. The minimum atomic E-state index is 0.791. The predicted octanol–water partition coefficient (Wildman–Crippen LogP) is 1.90. The first-order valence-corrected chi connectivity index (χ1v) is 4.08. The molecule has 0 radical (unpaired) electrons. The van der Waals surface area contributed by atoms with Gasteiger partial charge in [0.25, 0.3) is 0 Å². The molecule has 0 bridgehead atoms. The Hall–Kier alpha value is 0.650. The zero-order valence-electron chi connectivity index (χ0n) is 3.39. The molecule has 0 saturated heterocycles. The summed E-state index contributed by atoms with van der Waals surface area (Å²) in [6.07, 6.45) is 2.58. The first kappa shape index (κ1) is 4.80. The fraction of sp³-hybridized carbons (Fsp3) is 0.750. The van der Waals surface area contributed by atoms with Crippen molar-refractivity contribution >= 4 is 29.9 Å². The smallest absolute Gasteiger partial charge is 0.0259 e. The lowest BCUT2D eigenvalue weighted by molar-refractivity contribution is 1.09. The maximum absolute atomic E-state index is 3.50. The van der Waals surface area contributed by atoms with E-state index in [4.69, 9.17) is 0 Å². The number of hydrogen-bond donors (Lipinski definition) is 0. The van der Waals surface area contributed by atoms with E-state index in [1.807, 2.05) is 0 Å². The monoisotopic (exact) mass is 164 g/mol. The third-order valence-corrected chi connectivity index (χ3v) is 3.11. The van der Waals surface area contributed by atoms with Gasteiger partial charge in [-0.3, -0.25) is 0 Å². The SMILES string of the molecule is BrC1CC=PC1. The van der Waals surface area contributed by atoms with Crippen LogP contribution in [0.25, 0.3) is 0 Å². The summed E-state index contributed by atoms with van der Waals surface area (Å²) in [6.45, 7) is 0. The standard InChI is InChI=1S/C4H6BrP/c5-4-1-2-6-3-4/h2,4H,1,3H2. The van der Waals surface area contributed by atoms with Crippen LogP contribution in [0.5, 0.6) is 0 Å². The van der Waals surface area contributed by atoms with Crippen molar-refractivity contribution in [3.05, 3.63) is 0 Å². The summed E-state index contributed by atoms with van der Waals surface area (Å²) in [5.41, 5.74) is 0. The van der Waals surface area contributed by atoms with E-state index in [-0.39, 0.29) is 0 Å². The quantitative estimate of drug-likeness (QED) is 0.379. The first-order valence-electron chi connectivity index (χ1n) is 2.02. The van der Waals surface area contributed by atoms with Crippen LogP contribution in [0.4, 0.5) is 0 Å². The van der Waals surface area contributed by atoms with Gasteiger partial charge in [-0.2, -0.15) is 0 Å². The molecule has 1 unspecified atom stereocenters. The van der Waals surface area contributed by atoms with Gasteiger partial charge in [0, 0.05) is 11.0 Å². The second kappa shape index (κ2) is 2.09. The van der Waals surface area contributed by atoms with Crippen LogP contribution < -0.4 is 0 Å². The Morgan fingerprint density at radius 2 is 2.67 bits per heavy atom. The third-order valence-electron chi connectivity index (χ3n) is 0.794. The maximum atomic E-state index is 3.50. The molecule has 1 aliphatic heterocycles. The number of alkyl halides is 1. The summed E-state index contributed by atoms with van der Waals surface area (Å²) in [4.78, 5) is 0.791. The van der Waals surface area contributed by atoms with Crippen LogP contribution in [-0.2, 0) is 0 Å². The van der Waals surface area contributed by atoms with Gasteiger partial charge >= 0.3 is 0 Å². The van der Waals surface area contributed by atoms with Gasteiger partial charge in [0.15, 0.2) is 0 Å². The molecule has 34 valence electrons. The van der Waals surface area contributed by atoms with Gasteiger partial charge in [-0.05, 0) is 6.42 Å². The number of hydrogen-bond acceptors (Lipinski definition) is 0. The first-order chi connectivity index (χ1) is 2.89. The average molecular weight is 165 g/mol. The maximum Gasteiger partial charge on any atom is 0.0259 e. The highest BCUT2D eigenvalue weighted by atomic mass is 79.9. The fourth-order valence-corrected chi connectivity index (χ4v) is 2.36. The van der Waals surface area contributed by atoms with Crippen LogP contribution >= 0.6 is 24.1 Å². The summed E-state index contributed by atoms with van der Waals surface area (Å²) in [6, 6.07) is 0. The molecular weight excluding hydrogens is 159 g/mol. The van der Waals surface area contributed by atoms with E-state index >= 15 is 0 Å². The molecular formula is C4H6BrP. The fourth-order valence-electron chi connectivity index (χ4n) is 0.452. The van der Waals surface area contributed by atoms with E-state index in [2.05, 4.69) is 21.7 Å². The van der Waals surface area contributed by atoms with Crippen molar-refractivity contribution in [1.82, 2.24) is 0 Å². The Bertz CT molecular complexity index is 61.9. The van der Waals surface area contributed by atoms with Gasteiger partial charge in [-0.1, -0.05) is 21.7 Å². The Balaban J connectivity index is 2.32. The van der Waals surface area contributed by atoms with Crippen LogP contribution in [-0.4, -0.2) is 16.8 Å². The van der Waals surface area contributed by atoms with Crippen LogP contribution in [0.15, 0.2) is 0 Å². The van der Waals surface area contributed by atoms with Gasteiger partial charge in [0.1, 0.15) is 0 Å². The molecule has 2 heteroatoms. The Labute approximate surface area is 47.9 Å². The normalized spacial score (nSPS) is 34.5. The molecule has 0 N–H and O–H groups in total. The molecule has 1 atom stereocenters. The van der Waals surface area contributed by atoms with Crippen molar-refractivity contribution in [3.63, 3.8) is 0 Å². The molecule has 0 saturated carbocycles. The van der Waals surface area contributed by atoms with E-state index in [1.54, 1.807) is 0 Å². The van der Waals surface area contributed by atoms with E-state index in [0.29, 0.717) is 0 Å². The molecule has 0 aromatic rings. The molecule has 0 aromatic carbocycles. The topological polar surface area (TPSA) is 0 Å². The summed E-state index contributed by atoms with van der Waals surface area (Å²) in [5, 5.41) is 0. The summed E-state index contributed by atoms with van der Waals surface area (Å²) in [7, 11) is 1.51. The molecule has 1 rings (SSSR count). The summed E-state index contributed by atoms with van der Waals surface area (Å²) in [5.74, 6) is 2.30. The van der Waals surface area contributed by atoms with E-state index in [1.165, 1.54) is 20.8 Å². The predicted molar refractivity (Wildman–Crippen MR) is 35.2 cm³/mol. The second-order valence-corrected chi connectivity index (χ2v) is 3.77. The highest BCUT2D eigenvalue weighted by molar-refractivity contribution is 9.09. The lowest BCUT2D eigenvalue weighted by atomic mass is 10.4. The lowest BCUT2D eigenvalue weighted by Gasteiger charge is -1.88. The van der Waals surface area contributed by atoms with Crippen molar-refractivity contribution in [3.8, 4) is 0 Å². The van der Waals surface area contributed by atoms with Crippen LogP contribution in [0, 0.1) is 0 Å². The Kier molecular flexibility index (Phi) is 1.67. The highest BCUT2D eigenvalue weighted by Gasteiger charge is 2.02. The Morgan fingerprint density at radius 3 is 2.83 bits per heavy atom. The number of halogens is 1. The van der Waals surface area contributed by atoms with Crippen molar-refractivity contribution in [2.45, 2.75) is 11.2 Å². The molecule has 0 amide bonds. The van der Waals surface area contributed by atoms with E-state index < -0.39 is 0 Å². The molecule has 0 aliphatic carbocycles. The van der Waals surface area contributed by atoms with Gasteiger partial charge in [0.2, 0.25) is 0 Å². The van der Waals surface area contributed by atoms with Crippen molar-refractivity contribution in [1.29, 1.82) is 0 Å². The van der Waals surface area contributed by atoms with Gasteiger partial charge in [-0.25, -0.2) is 0 Å². The third kappa shape index (κ3) is 1.06. The number of rotatable bonds is 0. The van der Waals surface area contributed by atoms with Crippen LogP contribution in [0.1, 0.15) is 6.42 Å². The summed E-state index contributed by atoms with van der Waals surface area (Å²) >= 11 is 3.50. The van der Waals surface area contributed by atoms with Crippen LogP contribution in [0.3, 0.4) is 0 Å². The van der Waals surface area contributed by atoms with Crippen LogP contribution in [0.2, 0.25) is 0 Å². The minimum absolute atomic E-state index is 0.791. The minimum Gasteiger partial charge on any atom is -0.108 e. The zero-order chi connectivity index (χ0) is 4.41. The van der Waals surface area contributed by atoms with Gasteiger partial charge in [0.05, 0.1) is 0 Å². The summed E-state index contributed by atoms with van der Waals surface area (Å²) < 4.78 is 0. The molecule has 0 fully saturated rings. The van der Waals surface area contributed by atoms with Crippen molar-refractivity contribution in [2.75, 3.05) is 6.16 Å². The molecule has 1 heterocycles. The lowest BCUT2D eigenvalue weighted by Crippen LogP contribution is -1.90. The van der Waals surface area contributed by atoms with Crippen molar-refractivity contribution in [2.24, 2.45) is 0 Å². The van der Waals surface area contributed by atoms with Gasteiger partial charge in [-0.15, -0.1) is 8.20 Å².